The Morgan fingerprint density at radius 3 is 1.42 bits per heavy atom. The van der Waals surface area contributed by atoms with E-state index in [1.165, 1.54) is 47.7 Å². The highest BCUT2D eigenvalue weighted by molar-refractivity contribution is 7.80. The lowest BCUT2D eigenvalue weighted by Gasteiger charge is -2.35. The number of hydrogen-bond donors (Lipinski definition) is 15. The number of aromatic nitrogens is 2. The maximum atomic E-state index is 14.5. The summed E-state index contributed by atoms with van der Waals surface area (Å²) in [4.78, 5) is 189. The van der Waals surface area contributed by atoms with Gasteiger partial charge in [-0.25, -0.2) is 4.98 Å². The molecule has 2 fully saturated rings. The molecule has 3 heterocycles. The zero-order valence-electron chi connectivity index (χ0n) is 62.8. The van der Waals surface area contributed by atoms with Crippen LogP contribution in [0.15, 0.2) is 61.1 Å². The number of hydrogen-bond acceptors (Lipinski definition) is 23. The Bertz CT molecular complexity index is 3550. The third-order valence-corrected chi connectivity index (χ3v) is 19.9. The van der Waals surface area contributed by atoms with Crippen LogP contribution in [0.25, 0.3) is 0 Å². The summed E-state index contributed by atoms with van der Waals surface area (Å²) in [7, 11) is 1.47. The fraction of sp³-hybridized carbons (Fsp3) is 0.597. The second-order valence-electron chi connectivity index (χ2n) is 27.9. The molecule has 3 aromatic rings. The van der Waals surface area contributed by atoms with Crippen LogP contribution in [0.2, 0.25) is 0 Å². The number of carboxylic acid groups (broad SMARTS) is 8. The molecule has 1 aliphatic carbocycles. The van der Waals surface area contributed by atoms with Crippen LogP contribution in [0, 0.1) is 0 Å². The summed E-state index contributed by atoms with van der Waals surface area (Å²) in [6, 6.07) is 9.11. The van der Waals surface area contributed by atoms with E-state index in [1.807, 2.05) is 24.3 Å². The van der Waals surface area contributed by atoms with Gasteiger partial charge in [0.25, 0.3) is 0 Å². The monoisotopic (exact) mass is 1580 g/mol. The molecule has 1 unspecified atom stereocenters. The number of amides is 5. The number of likely N-dealkylation sites (N-methyl/N-ethyl adjacent to an activating group) is 1. The van der Waals surface area contributed by atoms with Crippen molar-refractivity contribution in [3.63, 3.8) is 0 Å². The molecule has 5 amide bonds. The van der Waals surface area contributed by atoms with Crippen molar-refractivity contribution in [3.05, 3.63) is 83.4 Å². The van der Waals surface area contributed by atoms with Crippen molar-refractivity contribution in [1.29, 1.82) is 0 Å². The molecule has 111 heavy (non-hydrogen) atoms. The molecular formula is C72H107N17O21S. The summed E-state index contributed by atoms with van der Waals surface area (Å²) in [5.74, 6) is -12.5. The number of carbonyl (C=O) groups is 13. The number of fused-ring (bicyclic) bond motifs is 1. The van der Waals surface area contributed by atoms with Crippen LogP contribution in [0.5, 0.6) is 0 Å². The molecule has 15 N–H and O–H groups in total. The van der Waals surface area contributed by atoms with Crippen molar-refractivity contribution in [2.45, 2.75) is 107 Å². The maximum Gasteiger partial charge on any atom is 0.320 e. The number of aromatic amines is 1. The molecular weight excluding hydrogens is 1470 g/mol. The molecule has 6 rings (SSSR count). The van der Waals surface area contributed by atoms with E-state index in [1.54, 1.807) is 47.2 Å². The summed E-state index contributed by atoms with van der Waals surface area (Å²) in [5.41, 5.74) is 3.73. The number of nitrogens with zero attached hydrogens (tertiary/aromatic N) is 10. The van der Waals surface area contributed by atoms with Crippen LogP contribution in [0.3, 0.4) is 0 Å². The lowest BCUT2D eigenvalue weighted by molar-refractivity contribution is -0.145. The van der Waals surface area contributed by atoms with Gasteiger partial charge in [0, 0.05) is 181 Å². The molecule has 0 radical (unpaired) electrons. The number of carbonyl (C=O) groups excluding carboxylic acids is 5. The van der Waals surface area contributed by atoms with Gasteiger partial charge >= 0.3 is 47.8 Å². The van der Waals surface area contributed by atoms with E-state index in [0.717, 1.165) is 11.1 Å². The number of rotatable bonds is 40. The molecule has 39 heteroatoms. The minimum Gasteiger partial charge on any atom is -0.480 e. The predicted octanol–water partition coefficient (Wildman–Crippen LogP) is -2.54. The number of imidazole rings is 1. The van der Waals surface area contributed by atoms with Gasteiger partial charge in [0.15, 0.2) is 5.11 Å². The average Bonchev–Trinajstić information content (AvgIpc) is 1.67. The summed E-state index contributed by atoms with van der Waals surface area (Å²) in [5, 5.41) is 97.7. The standard InChI is InChI=1S/C72H107N17O21S/c1-3-6-60(92)89(20-19-75-58(90)17-15-56(70(107)108)87-33-29-83(43-63(97)98)25-21-81(41-61(93)94)22-26-84(30-34-87)44-64(99)100)40-52(77-59(91)18-16-57(71(109)110)88-35-31-85(45-65(101)102)27-23-82(42-62(95)96)24-28-86(32-36-88)46-66(103)104)37-48-9-12-50(13-10-48)78-72(111)80-67(54-14-11-49-7-4-5-8-53(49)54)69(106)79-55(68(105)73-2)38-51-39-74-47-76-51/h4-5,7-10,12-13,39,47,52,54-57,67H,3,6,11,14-38,40-46H2,1-2H3,(H,73,105)(H,74,76)(H,75,90)(H,77,91)(H,79,106)(H,93,94)(H,95,96)(H,97,98)(H,99,100)(H,101,102)(H,103,104)(H,107,108)(H,109,110)(H2,78,80,111)/t52-,54?,55-,56-,57-,67-/m0/s1. The molecule has 0 spiro atoms. The Labute approximate surface area is 648 Å². The highest BCUT2D eigenvalue weighted by Crippen LogP contribution is 2.36. The SMILES string of the molecule is CCCC(=O)N(CCNC(=O)CC[C@@H](C(=O)O)N1CCN(CC(=O)O)CCN(CC(=O)O)CCN(CC(=O)O)CC1)C[C@H](Cc1ccc(NC(=S)N[C@H](C(=O)N[C@@H](Cc2cnc[nH]2)C(=O)NC)C2CCc3ccccc32)cc1)NC(=O)CC[C@@H](C(=O)O)N1CCN(CC(=O)O)CCN(CC(=O)O)CCN(CC(=O)O)CC1. The average molecular weight is 1580 g/mol. The van der Waals surface area contributed by atoms with Crippen molar-refractivity contribution < 1.29 is 103 Å². The van der Waals surface area contributed by atoms with Gasteiger partial charge in [-0.05, 0) is 79.6 Å². The van der Waals surface area contributed by atoms with Crippen molar-refractivity contribution in [2.24, 2.45) is 0 Å². The molecule has 2 aromatic carbocycles. The normalized spacial score (nSPS) is 18.0. The molecule has 2 saturated heterocycles. The highest BCUT2D eigenvalue weighted by Gasteiger charge is 2.38. The first-order chi connectivity index (χ1) is 52.9. The predicted molar refractivity (Wildman–Crippen MR) is 404 cm³/mol. The fourth-order valence-corrected chi connectivity index (χ4v) is 14.2. The third kappa shape index (κ3) is 32.5. The Morgan fingerprint density at radius 1 is 0.550 bits per heavy atom. The zero-order valence-corrected chi connectivity index (χ0v) is 63.6. The van der Waals surface area contributed by atoms with Gasteiger partial charge in [0.2, 0.25) is 29.5 Å². The summed E-state index contributed by atoms with van der Waals surface area (Å²) in [6.45, 7) is -0.615. The lowest BCUT2D eigenvalue weighted by Crippen LogP contribution is -2.56. The first-order valence-corrected chi connectivity index (χ1v) is 37.5. The van der Waals surface area contributed by atoms with Crippen molar-refractivity contribution in [2.75, 3.05) is 176 Å². The Hall–Kier alpha value is -9.87. The number of H-pyrrole nitrogens is 1. The van der Waals surface area contributed by atoms with E-state index < -0.39 is 141 Å². The second-order valence-corrected chi connectivity index (χ2v) is 28.3. The molecule has 612 valence electrons. The van der Waals surface area contributed by atoms with Gasteiger partial charge in [0.05, 0.1) is 51.6 Å². The van der Waals surface area contributed by atoms with E-state index in [9.17, 15) is 103 Å². The van der Waals surface area contributed by atoms with Gasteiger partial charge in [-0.15, -0.1) is 0 Å². The first kappa shape index (κ1) is 90.0. The number of anilines is 1. The van der Waals surface area contributed by atoms with E-state index in [2.05, 4.69) is 41.9 Å². The van der Waals surface area contributed by atoms with Crippen LogP contribution in [-0.4, -0.2) is 378 Å². The molecule has 3 aliphatic rings. The Morgan fingerprint density at radius 2 is 1.00 bits per heavy atom. The lowest BCUT2D eigenvalue weighted by atomic mass is 9.92. The number of aryl methyl sites for hydroxylation is 1. The third-order valence-electron chi connectivity index (χ3n) is 19.7. The van der Waals surface area contributed by atoms with Crippen LogP contribution < -0.4 is 31.9 Å². The Kier molecular flexibility index (Phi) is 37.9. The van der Waals surface area contributed by atoms with Gasteiger partial charge in [-0.1, -0.05) is 43.3 Å². The van der Waals surface area contributed by atoms with Crippen LogP contribution >= 0.6 is 12.2 Å². The van der Waals surface area contributed by atoms with Crippen molar-refractivity contribution >= 4 is 100 Å². The van der Waals surface area contributed by atoms with E-state index in [-0.39, 0.29) is 186 Å². The maximum absolute atomic E-state index is 14.5. The van der Waals surface area contributed by atoms with Crippen LogP contribution in [0.4, 0.5) is 5.69 Å². The van der Waals surface area contributed by atoms with Crippen LogP contribution in [-0.2, 0) is 81.6 Å². The smallest absolute Gasteiger partial charge is 0.320 e. The minimum atomic E-state index is -1.37. The summed E-state index contributed by atoms with van der Waals surface area (Å²) >= 11 is 5.88. The molecule has 38 nitrogen and oxygen atoms in total. The topological polar surface area (TPSA) is 514 Å². The summed E-state index contributed by atoms with van der Waals surface area (Å²) < 4.78 is 0. The fourth-order valence-electron chi connectivity index (χ4n) is 14.0. The molecule has 0 saturated carbocycles. The van der Waals surface area contributed by atoms with Crippen LogP contribution in [0.1, 0.15) is 80.2 Å². The highest BCUT2D eigenvalue weighted by atomic mass is 32.1. The number of aliphatic carboxylic acids is 8. The molecule has 1 aromatic heterocycles. The van der Waals surface area contributed by atoms with E-state index >= 15 is 0 Å². The largest absolute Gasteiger partial charge is 0.480 e. The number of nitrogens with one attached hydrogen (secondary N) is 7. The van der Waals surface area contributed by atoms with Gasteiger partial charge in [-0.2, -0.15) is 0 Å². The molecule has 6 atom stereocenters. The molecule has 0 bridgehead atoms. The van der Waals surface area contributed by atoms with Crippen molar-refractivity contribution in [3.8, 4) is 0 Å². The Balaban J connectivity index is 1.23. The first-order valence-electron chi connectivity index (χ1n) is 37.1. The van der Waals surface area contributed by atoms with Gasteiger partial charge < -0.3 is 82.6 Å². The second kappa shape index (κ2) is 46.7. The van der Waals surface area contributed by atoms with Crippen molar-refractivity contribution in [1.82, 2.24) is 80.7 Å². The number of carboxylic acids is 8. The van der Waals surface area contributed by atoms with E-state index in [0.29, 0.717) is 36.2 Å². The number of benzene rings is 2. The minimum absolute atomic E-state index is 0.000710. The molecule has 2 aliphatic heterocycles. The van der Waals surface area contributed by atoms with Gasteiger partial charge in [0.1, 0.15) is 24.2 Å². The summed E-state index contributed by atoms with van der Waals surface area (Å²) in [6.07, 6.45) is 3.63. The quantitative estimate of drug-likeness (QED) is 0.0261. The van der Waals surface area contributed by atoms with E-state index in [4.69, 9.17) is 12.2 Å². The van der Waals surface area contributed by atoms with Gasteiger partial charge in [-0.3, -0.25) is 102 Å². The zero-order chi connectivity index (χ0) is 81.1. The number of thiocarbonyl (C=S) groups is 1.